The van der Waals surface area contributed by atoms with Crippen LogP contribution in [0.2, 0.25) is 0 Å². The smallest absolute Gasteiger partial charge is 0.0541 e. The van der Waals surface area contributed by atoms with E-state index in [2.05, 4.69) is 180 Å². The van der Waals surface area contributed by atoms with Gasteiger partial charge >= 0.3 is 0 Å². The lowest BCUT2D eigenvalue weighted by atomic mass is 9.91. The van der Waals surface area contributed by atoms with E-state index in [9.17, 15) is 0 Å². The molecule has 1 aliphatic carbocycles. The Bertz CT molecular complexity index is 2230. The lowest BCUT2D eigenvalue weighted by Crippen LogP contribution is -2.10. The minimum Gasteiger partial charge on any atom is -0.310 e. The van der Waals surface area contributed by atoms with Gasteiger partial charge in [-0.15, -0.1) is 0 Å². The van der Waals surface area contributed by atoms with E-state index in [1.54, 1.807) is 0 Å². The number of para-hydroxylation sites is 3. The van der Waals surface area contributed by atoms with Crippen molar-refractivity contribution in [2.75, 3.05) is 4.90 Å². The highest BCUT2D eigenvalue weighted by atomic mass is 15.1. The van der Waals surface area contributed by atoms with Gasteiger partial charge in [0.1, 0.15) is 0 Å². The zero-order valence-electron chi connectivity index (χ0n) is 25.0. The molecule has 7 aromatic rings. The molecule has 2 heteroatoms. The van der Waals surface area contributed by atoms with E-state index in [1.807, 2.05) is 6.08 Å². The minimum atomic E-state index is 0.914. The van der Waals surface area contributed by atoms with E-state index in [0.29, 0.717) is 0 Å². The van der Waals surface area contributed by atoms with Crippen molar-refractivity contribution in [1.29, 1.82) is 0 Å². The Morgan fingerprint density at radius 3 is 2.04 bits per heavy atom. The van der Waals surface area contributed by atoms with Crippen molar-refractivity contribution in [3.63, 3.8) is 0 Å². The van der Waals surface area contributed by atoms with Gasteiger partial charge in [-0.1, -0.05) is 110 Å². The first-order valence-electron chi connectivity index (χ1n) is 15.5. The van der Waals surface area contributed by atoms with E-state index >= 15 is 0 Å². The molecule has 0 radical (unpaired) electrons. The van der Waals surface area contributed by atoms with Crippen molar-refractivity contribution < 1.29 is 0 Å². The Morgan fingerprint density at radius 1 is 0.578 bits per heavy atom. The van der Waals surface area contributed by atoms with Gasteiger partial charge in [-0.2, -0.15) is 0 Å². The standard InChI is InChI=1S/C43H32N2/c1-2-12-32-13-11-14-33-23-27-38(30-40(32)33)44(35-15-5-3-6-16-35)37-25-21-31(22-26-37)34-24-28-43-41(29-34)39-19-9-10-20-42(39)45(43)36-17-7-4-8-18-36/h2-12,14-30H,1,13H2. The van der Waals surface area contributed by atoms with Crippen LogP contribution >= 0.6 is 0 Å². The quantitative estimate of drug-likeness (QED) is 0.191. The normalized spacial score (nSPS) is 13.3. The molecule has 0 fully saturated rings. The first-order chi connectivity index (χ1) is 22.3. The fraction of sp³-hybridized carbons (Fsp3) is 0.0233. The number of hydrogen-bond donors (Lipinski definition) is 0. The summed E-state index contributed by atoms with van der Waals surface area (Å²) in [5.74, 6) is 0. The number of rotatable bonds is 6. The fourth-order valence-electron chi connectivity index (χ4n) is 6.66. The first-order valence-corrected chi connectivity index (χ1v) is 15.5. The van der Waals surface area contributed by atoms with Gasteiger partial charge in [0.2, 0.25) is 0 Å². The number of anilines is 3. The monoisotopic (exact) mass is 576 g/mol. The molecule has 0 aliphatic heterocycles. The van der Waals surface area contributed by atoms with E-state index in [0.717, 1.165) is 23.5 Å². The second kappa shape index (κ2) is 11.3. The molecule has 45 heavy (non-hydrogen) atoms. The lowest BCUT2D eigenvalue weighted by Gasteiger charge is -2.27. The summed E-state index contributed by atoms with van der Waals surface area (Å²) in [5, 5.41) is 2.52. The maximum atomic E-state index is 3.95. The van der Waals surface area contributed by atoms with Gasteiger partial charge in [-0.3, -0.25) is 0 Å². The molecule has 0 bridgehead atoms. The van der Waals surface area contributed by atoms with Gasteiger partial charge in [0.15, 0.2) is 0 Å². The van der Waals surface area contributed by atoms with E-state index in [4.69, 9.17) is 0 Å². The van der Waals surface area contributed by atoms with Crippen molar-refractivity contribution in [2.45, 2.75) is 6.42 Å². The Morgan fingerprint density at radius 2 is 1.24 bits per heavy atom. The highest BCUT2D eigenvalue weighted by Gasteiger charge is 2.17. The van der Waals surface area contributed by atoms with Gasteiger partial charge in [0.25, 0.3) is 0 Å². The third-order valence-corrected chi connectivity index (χ3v) is 8.76. The highest BCUT2D eigenvalue weighted by Crippen LogP contribution is 2.40. The SMILES string of the molecule is C=CC=C1CC=Cc2ccc(N(c3ccccc3)c3ccc(-c4ccc5c(c4)c4ccccc4n5-c4ccccc4)cc3)cc21. The van der Waals surface area contributed by atoms with Crippen molar-refractivity contribution in [3.05, 3.63) is 182 Å². The largest absolute Gasteiger partial charge is 0.310 e. The second-order valence-corrected chi connectivity index (χ2v) is 11.4. The number of nitrogens with zero attached hydrogens (tertiary/aromatic N) is 2. The van der Waals surface area contributed by atoms with Crippen molar-refractivity contribution in [2.24, 2.45) is 0 Å². The van der Waals surface area contributed by atoms with Crippen LogP contribution in [0.3, 0.4) is 0 Å². The third-order valence-electron chi connectivity index (χ3n) is 8.76. The van der Waals surface area contributed by atoms with E-state index in [1.165, 1.54) is 55.3 Å². The Balaban J connectivity index is 1.21. The van der Waals surface area contributed by atoms with Crippen molar-refractivity contribution in [1.82, 2.24) is 4.57 Å². The molecule has 0 unspecified atom stereocenters. The summed E-state index contributed by atoms with van der Waals surface area (Å²) >= 11 is 0. The zero-order valence-corrected chi connectivity index (χ0v) is 25.0. The van der Waals surface area contributed by atoms with Crippen LogP contribution in [-0.4, -0.2) is 4.57 Å². The molecular weight excluding hydrogens is 544 g/mol. The maximum Gasteiger partial charge on any atom is 0.0541 e. The molecular formula is C43H32N2. The summed E-state index contributed by atoms with van der Waals surface area (Å²) in [6.07, 6.45) is 9.37. The van der Waals surface area contributed by atoms with Gasteiger partial charge in [0.05, 0.1) is 11.0 Å². The third kappa shape index (κ3) is 4.77. The lowest BCUT2D eigenvalue weighted by molar-refractivity contribution is 1.18. The summed E-state index contributed by atoms with van der Waals surface area (Å²) in [5.41, 5.74) is 13.2. The number of aromatic nitrogens is 1. The molecule has 1 aromatic heterocycles. The van der Waals surface area contributed by atoms with Gasteiger partial charge < -0.3 is 9.47 Å². The van der Waals surface area contributed by atoms with Crippen LogP contribution in [0.15, 0.2) is 170 Å². The zero-order chi connectivity index (χ0) is 30.2. The molecule has 0 atom stereocenters. The topological polar surface area (TPSA) is 8.17 Å². The van der Waals surface area contributed by atoms with Crippen LogP contribution in [0, 0.1) is 0 Å². The molecule has 0 amide bonds. The van der Waals surface area contributed by atoms with Crippen LogP contribution in [0.1, 0.15) is 17.5 Å². The van der Waals surface area contributed by atoms with E-state index in [-0.39, 0.29) is 0 Å². The number of fused-ring (bicyclic) bond motifs is 4. The van der Waals surface area contributed by atoms with Crippen LogP contribution in [0.4, 0.5) is 17.1 Å². The molecule has 1 aliphatic rings. The molecule has 2 nitrogen and oxygen atoms in total. The molecule has 0 N–H and O–H groups in total. The van der Waals surface area contributed by atoms with Crippen LogP contribution in [-0.2, 0) is 0 Å². The molecule has 214 valence electrons. The van der Waals surface area contributed by atoms with Crippen molar-refractivity contribution in [3.8, 4) is 16.8 Å². The molecule has 0 spiro atoms. The Kier molecular flexibility index (Phi) is 6.73. The fourth-order valence-corrected chi connectivity index (χ4v) is 6.66. The molecule has 6 aromatic carbocycles. The molecule has 0 saturated carbocycles. The number of benzene rings is 6. The minimum absolute atomic E-state index is 0.914. The average molecular weight is 577 g/mol. The predicted molar refractivity (Wildman–Crippen MR) is 193 cm³/mol. The van der Waals surface area contributed by atoms with Crippen LogP contribution < -0.4 is 4.90 Å². The van der Waals surface area contributed by atoms with E-state index < -0.39 is 0 Å². The maximum absolute atomic E-state index is 3.95. The second-order valence-electron chi connectivity index (χ2n) is 11.4. The Hall–Kier alpha value is -5.86. The summed E-state index contributed by atoms with van der Waals surface area (Å²) < 4.78 is 2.36. The van der Waals surface area contributed by atoms with Crippen LogP contribution in [0.25, 0.3) is 50.3 Å². The summed E-state index contributed by atoms with van der Waals surface area (Å²) in [6, 6.07) is 52.5. The van der Waals surface area contributed by atoms with Gasteiger partial charge in [-0.25, -0.2) is 0 Å². The first kappa shape index (κ1) is 26.7. The molecule has 8 rings (SSSR count). The average Bonchev–Trinajstić information content (AvgIpc) is 3.44. The van der Waals surface area contributed by atoms with Crippen LogP contribution in [0.5, 0.6) is 0 Å². The number of hydrogen-bond acceptors (Lipinski definition) is 1. The predicted octanol–water partition coefficient (Wildman–Crippen LogP) is 11.9. The molecule has 1 heterocycles. The Labute approximate surface area is 264 Å². The highest BCUT2D eigenvalue weighted by molar-refractivity contribution is 6.10. The van der Waals surface area contributed by atoms with Gasteiger partial charge in [-0.05, 0) is 101 Å². The molecule has 0 saturated heterocycles. The van der Waals surface area contributed by atoms with Gasteiger partial charge in [0, 0.05) is 33.5 Å². The summed E-state index contributed by atoms with van der Waals surface area (Å²) in [4.78, 5) is 2.34. The summed E-state index contributed by atoms with van der Waals surface area (Å²) in [7, 11) is 0. The van der Waals surface area contributed by atoms with Crippen molar-refractivity contribution >= 4 is 50.5 Å². The number of allylic oxidation sites excluding steroid dienone is 4. The summed E-state index contributed by atoms with van der Waals surface area (Å²) in [6.45, 7) is 3.95.